The lowest BCUT2D eigenvalue weighted by Crippen LogP contribution is -2.30. The van der Waals surface area contributed by atoms with Crippen LogP contribution >= 0.6 is 11.6 Å². The Hall–Kier alpha value is -2.34. The average molecular weight is 291 g/mol. The van der Waals surface area contributed by atoms with Gasteiger partial charge in [-0.15, -0.1) is 0 Å². The number of amides is 2. The Balaban J connectivity index is 1.96. The van der Waals surface area contributed by atoms with Gasteiger partial charge in [0.1, 0.15) is 11.7 Å². The van der Waals surface area contributed by atoms with Crippen LogP contribution in [-0.2, 0) is 9.59 Å². The van der Waals surface area contributed by atoms with Crippen molar-refractivity contribution in [3.8, 4) is 5.69 Å². The number of nitrogens with zero attached hydrogens (tertiary/aromatic N) is 2. The van der Waals surface area contributed by atoms with Gasteiger partial charge in [-0.1, -0.05) is 17.7 Å². The number of hydrogen-bond acceptors (Lipinski definition) is 4. The molecule has 1 atom stereocenters. The third-order valence-corrected chi connectivity index (χ3v) is 3.32. The second-order valence-corrected chi connectivity index (χ2v) is 4.81. The molecular weight excluding hydrogens is 280 g/mol. The van der Waals surface area contributed by atoms with Crippen molar-refractivity contribution >= 4 is 29.1 Å². The second-order valence-electron chi connectivity index (χ2n) is 4.40. The van der Waals surface area contributed by atoms with Gasteiger partial charge in [0.2, 0.25) is 11.8 Å². The van der Waals surface area contributed by atoms with Crippen molar-refractivity contribution in [1.82, 2.24) is 15.1 Å². The molecule has 0 aliphatic carbocycles. The maximum atomic E-state index is 11.6. The fourth-order valence-corrected chi connectivity index (χ4v) is 2.38. The molecule has 2 N–H and O–H groups in total. The molecule has 1 aliphatic rings. The van der Waals surface area contributed by atoms with Crippen LogP contribution in [0.25, 0.3) is 5.69 Å². The summed E-state index contributed by atoms with van der Waals surface area (Å²) in [7, 11) is 0. The lowest BCUT2D eigenvalue weighted by Gasteiger charge is -2.16. The third kappa shape index (κ3) is 2.25. The summed E-state index contributed by atoms with van der Waals surface area (Å²) in [6.07, 6.45) is 3.51. The van der Waals surface area contributed by atoms with Crippen LogP contribution in [0.3, 0.4) is 0 Å². The van der Waals surface area contributed by atoms with Crippen molar-refractivity contribution in [3.05, 3.63) is 41.7 Å². The first-order valence-electron chi connectivity index (χ1n) is 6.04. The predicted octanol–water partition coefficient (Wildman–Crippen LogP) is 1.35. The van der Waals surface area contributed by atoms with E-state index in [2.05, 4.69) is 15.7 Å². The smallest absolute Gasteiger partial charge is 0.249 e. The molecular formula is C13H11ClN4O2. The predicted molar refractivity (Wildman–Crippen MR) is 73.8 cm³/mol. The minimum absolute atomic E-state index is 0.115. The summed E-state index contributed by atoms with van der Waals surface area (Å²) in [5, 5.41) is 9.95. The summed E-state index contributed by atoms with van der Waals surface area (Å²) < 4.78 is 1.61. The molecule has 1 fully saturated rings. The van der Waals surface area contributed by atoms with Crippen LogP contribution in [0, 0.1) is 0 Å². The summed E-state index contributed by atoms with van der Waals surface area (Å²) in [4.78, 5) is 22.8. The van der Waals surface area contributed by atoms with Crippen molar-refractivity contribution in [2.75, 3.05) is 5.32 Å². The minimum atomic E-state index is -0.588. The van der Waals surface area contributed by atoms with Crippen molar-refractivity contribution in [1.29, 1.82) is 0 Å². The molecule has 1 aromatic heterocycles. The van der Waals surface area contributed by atoms with E-state index in [0.29, 0.717) is 16.4 Å². The first-order chi connectivity index (χ1) is 9.65. The molecule has 0 saturated carbocycles. The monoisotopic (exact) mass is 290 g/mol. The molecule has 1 saturated heterocycles. The van der Waals surface area contributed by atoms with Gasteiger partial charge in [-0.05, 0) is 18.2 Å². The Kier molecular flexibility index (Phi) is 3.15. The molecule has 2 amide bonds. The van der Waals surface area contributed by atoms with Crippen molar-refractivity contribution in [2.45, 2.75) is 12.5 Å². The molecule has 20 heavy (non-hydrogen) atoms. The molecule has 2 aromatic rings. The van der Waals surface area contributed by atoms with Crippen LogP contribution in [0.2, 0.25) is 5.02 Å². The molecule has 102 valence electrons. The van der Waals surface area contributed by atoms with Gasteiger partial charge in [0.05, 0.1) is 17.1 Å². The number of rotatable bonds is 3. The van der Waals surface area contributed by atoms with Gasteiger partial charge >= 0.3 is 0 Å². The number of para-hydroxylation sites is 1. The summed E-state index contributed by atoms with van der Waals surface area (Å²) in [6.45, 7) is 0. The van der Waals surface area contributed by atoms with Gasteiger partial charge in [0.15, 0.2) is 0 Å². The Morgan fingerprint density at radius 3 is 2.85 bits per heavy atom. The molecule has 2 heterocycles. The zero-order chi connectivity index (χ0) is 14.1. The number of halogens is 1. The fraction of sp³-hybridized carbons (Fsp3) is 0.154. The van der Waals surface area contributed by atoms with Crippen molar-refractivity contribution < 1.29 is 9.59 Å². The second kappa shape index (κ2) is 4.97. The number of anilines is 1. The number of aromatic nitrogens is 2. The first kappa shape index (κ1) is 12.7. The van der Waals surface area contributed by atoms with Crippen LogP contribution in [0.15, 0.2) is 36.7 Å². The highest BCUT2D eigenvalue weighted by atomic mass is 35.5. The van der Waals surface area contributed by atoms with Gasteiger partial charge < -0.3 is 5.32 Å². The molecule has 1 aromatic carbocycles. The Morgan fingerprint density at radius 1 is 1.35 bits per heavy atom. The summed E-state index contributed by atoms with van der Waals surface area (Å²) in [6, 6.07) is 6.49. The van der Waals surface area contributed by atoms with Crippen molar-refractivity contribution in [2.24, 2.45) is 0 Å². The summed E-state index contributed by atoms with van der Waals surface area (Å²) >= 11 is 6.20. The number of carbonyl (C=O) groups excluding carboxylic acids is 2. The number of hydrogen-bond donors (Lipinski definition) is 2. The van der Waals surface area contributed by atoms with Crippen LogP contribution in [0.1, 0.15) is 6.42 Å². The van der Waals surface area contributed by atoms with Gasteiger partial charge in [-0.25, -0.2) is 4.68 Å². The highest BCUT2D eigenvalue weighted by Gasteiger charge is 2.31. The van der Waals surface area contributed by atoms with E-state index in [-0.39, 0.29) is 18.2 Å². The van der Waals surface area contributed by atoms with Gasteiger partial charge in [0.25, 0.3) is 0 Å². The zero-order valence-corrected chi connectivity index (χ0v) is 11.1. The molecule has 1 aliphatic heterocycles. The zero-order valence-electron chi connectivity index (χ0n) is 10.3. The number of nitrogens with one attached hydrogen (secondary N) is 2. The van der Waals surface area contributed by atoms with E-state index < -0.39 is 6.04 Å². The normalized spacial score (nSPS) is 18.1. The minimum Gasteiger partial charge on any atom is -0.371 e. The average Bonchev–Trinajstić information content (AvgIpc) is 3.00. The molecule has 7 heteroatoms. The number of carbonyl (C=O) groups is 2. The van der Waals surface area contributed by atoms with Crippen LogP contribution in [0.5, 0.6) is 0 Å². The highest BCUT2D eigenvalue weighted by molar-refractivity contribution is 6.33. The van der Waals surface area contributed by atoms with E-state index in [9.17, 15) is 9.59 Å². The van der Waals surface area contributed by atoms with Crippen LogP contribution < -0.4 is 10.6 Å². The Labute approximate surface area is 119 Å². The van der Waals surface area contributed by atoms with Gasteiger partial charge in [-0.3, -0.25) is 14.9 Å². The largest absolute Gasteiger partial charge is 0.371 e. The van der Waals surface area contributed by atoms with E-state index in [1.165, 1.54) is 0 Å². The Morgan fingerprint density at radius 2 is 2.20 bits per heavy atom. The van der Waals surface area contributed by atoms with E-state index >= 15 is 0 Å². The third-order valence-electron chi connectivity index (χ3n) is 3.02. The summed E-state index contributed by atoms with van der Waals surface area (Å²) in [5.41, 5.74) is 1.29. The van der Waals surface area contributed by atoms with Gasteiger partial charge in [-0.2, -0.15) is 5.10 Å². The molecule has 0 bridgehead atoms. The van der Waals surface area contributed by atoms with Crippen LogP contribution in [-0.4, -0.2) is 27.6 Å². The quantitative estimate of drug-likeness (QED) is 0.837. The number of benzene rings is 1. The fourth-order valence-electron chi connectivity index (χ4n) is 2.12. The maximum absolute atomic E-state index is 11.6. The molecule has 3 rings (SSSR count). The maximum Gasteiger partial charge on any atom is 0.249 e. The standard InChI is InChI=1S/C13H11ClN4O2/c14-8-3-1-4-9(12(8)18-6-2-5-15-18)16-10-7-11(19)17-13(10)20/h1-6,10,16H,7H2,(H,17,19,20). The van der Waals surface area contributed by atoms with E-state index in [1.807, 2.05) is 0 Å². The molecule has 0 radical (unpaired) electrons. The van der Waals surface area contributed by atoms with E-state index in [0.717, 1.165) is 0 Å². The molecule has 6 nitrogen and oxygen atoms in total. The van der Waals surface area contributed by atoms with Crippen molar-refractivity contribution in [3.63, 3.8) is 0 Å². The molecule has 0 spiro atoms. The Bertz CT molecular complexity index is 669. The van der Waals surface area contributed by atoms with E-state index in [4.69, 9.17) is 11.6 Å². The lowest BCUT2D eigenvalue weighted by molar-refractivity contribution is -0.124. The van der Waals surface area contributed by atoms with Crippen LogP contribution in [0.4, 0.5) is 5.69 Å². The lowest BCUT2D eigenvalue weighted by atomic mass is 10.2. The first-order valence-corrected chi connectivity index (χ1v) is 6.42. The number of imide groups is 1. The topological polar surface area (TPSA) is 76.0 Å². The summed E-state index contributed by atoms with van der Waals surface area (Å²) in [5.74, 6) is -0.614. The highest BCUT2D eigenvalue weighted by Crippen LogP contribution is 2.29. The molecule has 1 unspecified atom stereocenters. The SMILES string of the molecule is O=C1CC(Nc2cccc(Cl)c2-n2cccn2)C(=O)N1. The van der Waals surface area contributed by atoms with Gasteiger partial charge in [0, 0.05) is 12.4 Å². The van der Waals surface area contributed by atoms with E-state index in [1.54, 1.807) is 41.3 Å².